The van der Waals surface area contributed by atoms with Gasteiger partial charge in [-0.1, -0.05) is 78.9 Å². The molecule has 0 spiro atoms. The minimum Gasteiger partial charge on any atom is -0.239 e. The normalized spacial score (nSPS) is 14.0. The molecule has 7 rings (SSSR count). The molecule has 254 valence electrons. The lowest BCUT2D eigenvalue weighted by molar-refractivity contribution is 0.590. The summed E-state index contributed by atoms with van der Waals surface area (Å²) in [5.74, 6) is -2.31. The molecule has 0 heterocycles. The summed E-state index contributed by atoms with van der Waals surface area (Å²) < 4.78 is 36.0. The molecule has 5 aromatic carbocycles. The Kier molecular flexibility index (Phi) is 8.88. The van der Waals surface area contributed by atoms with E-state index in [-0.39, 0.29) is 78.3 Å². The smallest absolute Gasteiger partial charge is 0.206 e. The second-order valence-electron chi connectivity index (χ2n) is 12.3. The lowest BCUT2D eigenvalue weighted by atomic mass is 9.86. The Morgan fingerprint density at radius 3 is 1.43 bits per heavy atom. The van der Waals surface area contributed by atoms with Gasteiger partial charge in [-0.3, -0.25) is 0 Å². The molecule has 56 heavy (non-hydrogen) atoms. The van der Waals surface area contributed by atoms with Crippen LogP contribution in [0.2, 0.25) is 0 Å². The van der Waals surface area contributed by atoms with E-state index in [4.69, 9.17) is 19.7 Å². The molecule has 0 fully saturated rings. The predicted molar refractivity (Wildman–Crippen MR) is 205 cm³/mol. The summed E-state index contributed by atoms with van der Waals surface area (Å²) in [6, 6.07) is 34.4. The van der Waals surface area contributed by atoms with Crippen LogP contribution in [0.4, 0.5) is 20.2 Å². The molecule has 8 nitrogen and oxygen atoms in total. The van der Waals surface area contributed by atoms with Crippen LogP contribution in [0.5, 0.6) is 0 Å². The third-order valence-corrected chi connectivity index (χ3v) is 9.35. The fourth-order valence-electron chi connectivity index (χ4n) is 7.16. The van der Waals surface area contributed by atoms with Gasteiger partial charge in [0.2, 0.25) is 5.70 Å². The zero-order chi connectivity index (χ0) is 39.7. The van der Waals surface area contributed by atoms with Gasteiger partial charge in [0.1, 0.15) is 29.8 Å². The van der Waals surface area contributed by atoms with Crippen molar-refractivity contribution in [2.24, 2.45) is 0 Å². The molecule has 0 aliphatic heterocycles. The van der Waals surface area contributed by atoms with Crippen molar-refractivity contribution in [2.45, 2.75) is 0 Å². The summed E-state index contributed by atoms with van der Waals surface area (Å²) in [6.45, 7) is 23.5. The van der Waals surface area contributed by atoms with Crippen LogP contribution in [-0.2, 0) is 0 Å². The maximum Gasteiger partial charge on any atom is 0.206 e. The van der Waals surface area contributed by atoms with Gasteiger partial charge in [0.05, 0.1) is 59.7 Å². The minimum atomic E-state index is -1.15. The van der Waals surface area contributed by atoms with E-state index in [1.165, 1.54) is 36.4 Å². The van der Waals surface area contributed by atoms with Crippen LogP contribution in [0.3, 0.4) is 0 Å². The zero-order valence-electron chi connectivity index (χ0n) is 28.6. The SMILES string of the molecule is [C-]#[N+]C1=C(c2ccccc2)/C(=C(/C#N)c2cc([N+]#[C-])cc([N+]#[C-])c2)c2c(F)c3c(c(F)c21)/C(=C(\C#N)c1cc(C#N)cc(C#N)c1)C(c1ccccc1)=C3C#N. The number of hydrogen-bond acceptors (Lipinski definition) is 5. The number of benzene rings is 5. The summed E-state index contributed by atoms with van der Waals surface area (Å²) in [7, 11) is 0. The highest BCUT2D eigenvalue weighted by Crippen LogP contribution is 2.58. The number of nitriles is 5. The van der Waals surface area contributed by atoms with Gasteiger partial charge in [-0.05, 0) is 51.6 Å². The number of fused-ring (bicyclic) bond motifs is 2. The van der Waals surface area contributed by atoms with Crippen molar-refractivity contribution in [3.8, 4) is 30.3 Å². The van der Waals surface area contributed by atoms with Crippen molar-refractivity contribution < 1.29 is 8.78 Å². The van der Waals surface area contributed by atoms with Crippen LogP contribution in [-0.4, -0.2) is 0 Å². The molecule has 2 aliphatic rings. The van der Waals surface area contributed by atoms with E-state index in [0.29, 0.717) is 11.1 Å². The van der Waals surface area contributed by atoms with Gasteiger partial charge in [-0.15, -0.1) is 0 Å². The van der Waals surface area contributed by atoms with Gasteiger partial charge in [0, 0.05) is 33.4 Å². The van der Waals surface area contributed by atoms with Crippen LogP contribution in [0, 0.1) is 88.0 Å². The standard InChI is InChI=1S/C46H16F2N8/c1-54-31-17-30(18-32(19-31)55-2)34(23-52)39-37(28-12-8-5-9-13-28)46(56-3)43-42(39)44(47)40-35(24-53)36(27-10-6-4-7-11-27)38(41(40)45(43)48)33(22-51)29-15-25(20-49)14-26(16-29)21-50/h4-19H/b38-33+,39-34+. The average molecular weight is 719 g/mol. The molecule has 0 N–H and O–H groups in total. The largest absolute Gasteiger partial charge is 0.239 e. The molecule has 0 saturated heterocycles. The van der Waals surface area contributed by atoms with Gasteiger partial charge in [-0.25, -0.2) is 23.3 Å². The first-order valence-electron chi connectivity index (χ1n) is 16.4. The second kappa shape index (κ2) is 14.1. The van der Waals surface area contributed by atoms with Crippen LogP contribution in [0.1, 0.15) is 55.6 Å². The van der Waals surface area contributed by atoms with Crippen molar-refractivity contribution in [2.75, 3.05) is 0 Å². The number of hydrogen-bond donors (Lipinski definition) is 0. The van der Waals surface area contributed by atoms with Gasteiger partial charge in [-0.2, -0.15) is 26.3 Å². The average Bonchev–Trinajstić information content (AvgIpc) is 3.78. The number of allylic oxidation sites excluding steroid dienone is 7. The lowest BCUT2D eigenvalue weighted by Gasteiger charge is -2.17. The van der Waals surface area contributed by atoms with E-state index in [1.807, 2.05) is 18.2 Å². The Morgan fingerprint density at radius 2 is 0.964 bits per heavy atom. The molecule has 10 heteroatoms. The van der Waals surface area contributed by atoms with Gasteiger partial charge < -0.3 is 0 Å². The van der Waals surface area contributed by atoms with Crippen molar-refractivity contribution in [1.29, 1.82) is 26.3 Å². The number of rotatable bonds is 4. The third kappa shape index (κ3) is 5.36. The highest BCUT2D eigenvalue weighted by molar-refractivity contribution is 6.34. The first-order chi connectivity index (χ1) is 27.3. The van der Waals surface area contributed by atoms with Crippen molar-refractivity contribution in [3.63, 3.8) is 0 Å². The minimum absolute atomic E-state index is 0.00314. The van der Waals surface area contributed by atoms with E-state index in [0.717, 1.165) is 0 Å². The summed E-state index contributed by atoms with van der Waals surface area (Å²) in [4.78, 5) is 10.5. The molecule has 0 aromatic heterocycles. The van der Waals surface area contributed by atoms with Gasteiger partial charge in [0.15, 0.2) is 11.4 Å². The Hall–Kier alpha value is -9.16. The molecule has 0 amide bonds. The highest BCUT2D eigenvalue weighted by atomic mass is 19.1. The molecule has 0 bridgehead atoms. The van der Waals surface area contributed by atoms with Gasteiger partial charge >= 0.3 is 0 Å². The number of nitrogens with zero attached hydrogens (tertiary/aromatic N) is 8. The molecular formula is C46H16F2N8. The Labute approximate surface area is 319 Å². The first kappa shape index (κ1) is 35.3. The van der Waals surface area contributed by atoms with Crippen LogP contribution in [0.25, 0.3) is 59.2 Å². The zero-order valence-corrected chi connectivity index (χ0v) is 28.6. The van der Waals surface area contributed by atoms with Crippen LogP contribution in [0.15, 0.2) is 97.1 Å². The van der Waals surface area contributed by atoms with Crippen LogP contribution < -0.4 is 0 Å². The molecule has 5 aromatic rings. The molecule has 0 saturated carbocycles. The molecule has 0 radical (unpaired) electrons. The summed E-state index contributed by atoms with van der Waals surface area (Å²) in [5, 5.41) is 51.9. The summed E-state index contributed by atoms with van der Waals surface area (Å²) in [6.07, 6.45) is 0. The Balaban J connectivity index is 1.73. The maximum absolute atomic E-state index is 18.0. The first-order valence-corrected chi connectivity index (χ1v) is 16.4. The van der Waals surface area contributed by atoms with E-state index in [1.54, 1.807) is 60.7 Å². The van der Waals surface area contributed by atoms with Crippen molar-refractivity contribution >= 4 is 56.1 Å². The van der Waals surface area contributed by atoms with Crippen LogP contribution >= 0.6 is 0 Å². The Morgan fingerprint density at radius 1 is 0.500 bits per heavy atom. The van der Waals surface area contributed by atoms with E-state index in [9.17, 15) is 26.3 Å². The fourth-order valence-corrected chi connectivity index (χ4v) is 7.16. The third-order valence-electron chi connectivity index (χ3n) is 9.35. The van der Waals surface area contributed by atoms with Crippen molar-refractivity contribution in [1.82, 2.24) is 0 Å². The van der Waals surface area contributed by atoms with Crippen molar-refractivity contribution in [3.05, 3.63) is 199 Å². The van der Waals surface area contributed by atoms with E-state index >= 15 is 8.78 Å². The predicted octanol–water partition coefficient (Wildman–Crippen LogP) is 10.9. The monoisotopic (exact) mass is 718 g/mol. The molecule has 0 atom stereocenters. The highest BCUT2D eigenvalue weighted by Gasteiger charge is 2.44. The number of halogens is 2. The summed E-state index contributed by atoms with van der Waals surface area (Å²) in [5.41, 5.74) is -2.84. The molecule has 0 unspecified atom stereocenters. The fraction of sp³-hybridized carbons (Fsp3) is 0. The maximum atomic E-state index is 18.0. The second-order valence-corrected chi connectivity index (χ2v) is 12.3. The summed E-state index contributed by atoms with van der Waals surface area (Å²) >= 11 is 0. The quantitative estimate of drug-likeness (QED) is 0.135. The van der Waals surface area contributed by atoms with Gasteiger partial charge in [0.25, 0.3) is 0 Å². The molecular weight excluding hydrogens is 703 g/mol. The Bertz CT molecular complexity index is 2830. The molecule has 2 aliphatic carbocycles. The lowest BCUT2D eigenvalue weighted by Crippen LogP contribution is -2.05. The van der Waals surface area contributed by atoms with E-state index in [2.05, 4.69) is 26.7 Å². The topological polar surface area (TPSA) is 132 Å². The van der Waals surface area contributed by atoms with E-state index < -0.39 is 33.9 Å².